The molecule has 86 valence electrons. The summed E-state index contributed by atoms with van der Waals surface area (Å²) in [5, 5.41) is 0. The summed E-state index contributed by atoms with van der Waals surface area (Å²) in [5.41, 5.74) is 8.34. The first-order valence-electron chi connectivity index (χ1n) is 5.34. The Hall–Kier alpha value is -2.23. The van der Waals surface area contributed by atoms with E-state index in [0.29, 0.717) is 17.4 Å². The molecule has 2 N–H and O–H groups in total. The van der Waals surface area contributed by atoms with Crippen LogP contribution in [0.3, 0.4) is 0 Å². The summed E-state index contributed by atoms with van der Waals surface area (Å²) in [7, 11) is 1.65. The molecule has 1 aromatic heterocycles. The van der Waals surface area contributed by atoms with Crippen molar-refractivity contribution >= 4 is 5.84 Å². The van der Waals surface area contributed by atoms with E-state index in [-0.39, 0.29) is 0 Å². The molecule has 0 aliphatic carbocycles. The summed E-state index contributed by atoms with van der Waals surface area (Å²) >= 11 is 0. The number of nitrogens with zero attached hydrogens (tertiary/aromatic N) is 3. The Balaban J connectivity index is 2.53. The van der Waals surface area contributed by atoms with Gasteiger partial charge in [-0.1, -0.05) is 30.3 Å². The first-order chi connectivity index (χ1) is 8.20. The fourth-order valence-electron chi connectivity index (χ4n) is 1.57. The summed E-state index contributed by atoms with van der Waals surface area (Å²) in [6, 6.07) is 11.8. The van der Waals surface area contributed by atoms with Gasteiger partial charge in [-0.05, 0) is 13.0 Å². The van der Waals surface area contributed by atoms with Crippen LogP contribution in [0.4, 0.5) is 0 Å². The number of aryl methyl sites for hydroxylation is 1. The SMILES string of the molecule is CN=C(N)c1cc(-c2ccccc2)nc(C)n1. The monoisotopic (exact) mass is 226 g/mol. The lowest BCUT2D eigenvalue weighted by Crippen LogP contribution is -2.16. The molecule has 0 atom stereocenters. The van der Waals surface area contributed by atoms with Crippen LogP contribution in [0.25, 0.3) is 11.3 Å². The number of aliphatic imine (C=N–C) groups is 1. The smallest absolute Gasteiger partial charge is 0.144 e. The lowest BCUT2D eigenvalue weighted by molar-refractivity contribution is 1.04. The van der Waals surface area contributed by atoms with E-state index in [9.17, 15) is 0 Å². The fourth-order valence-corrected chi connectivity index (χ4v) is 1.57. The Morgan fingerprint density at radius 1 is 1.18 bits per heavy atom. The van der Waals surface area contributed by atoms with E-state index >= 15 is 0 Å². The van der Waals surface area contributed by atoms with Crippen LogP contribution in [0.2, 0.25) is 0 Å². The van der Waals surface area contributed by atoms with Gasteiger partial charge >= 0.3 is 0 Å². The molecule has 1 aromatic carbocycles. The summed E-state index contributed by atoms with van der Waals surface area (Å²) in [5.74, 6) is 1.11. The second-order valence-corrected chi connectivity index (χ2v) is 3.66. The molecule has 17 heavy (non-hydrogen) atoms. The van der Waals surface area contributed by atoms with Crippen LogP contribution >= 0.6 is 0 Å². The highest BCUT2D eigenvalue weighted by atomic mass is 14.9. The summed E-state index contributed by atoms with van der Waals surface area (Å²) in [6.07, 6.45) is 0. The summed E-state index contributed by atoms with van der Waals surface area (Å²) in [6.45, 7) is 1.85. The third kappa shape index (κ3) is 2.47. The minimum atomic E-state index is 0.424. The van der Waals surface area contributed by atoms with Crippen molar-refractivity contribution in [1.82, 2.24) is 9.97 Å². The second kappa shape index (κ2) is 4.74. The molecular formula is C13H14N4. The number of rotatable bonds is 2. The molecule has 0 saturated carbocycles. The van der Waals surface area contributed by atoms with Crippen molar-refractivity contribution in [3.63, 3.8) is 0 Å². The van der Waals surface area contributed by atoms with Gasteiger partial charge < -0.3 is 5.73 Å². The summed E-state index contributed by atoms with van der Waals surface area (Å²) in [4.78, 5) is 12.6. The van der Waals surface area contributed by atoms with Gasteiger partial charge in [-0.25, -0.2) is 9.97 Å². The molecular weight excluding hydrogens is 212 g/mol. The minimum Gasteiger partial charge on any atom is -0.382 e. The quantitative estimate of drug-likeness (QED) is 0.627. The van der Waals surface area contributed by atoms with E-state index in [1.54, 1.807) is 7.05 Å². The zero-order chi connectivity index (χ0) is 12.3. The molecule has 0 amide bonds. The number of nitrogens with two attached hydrogens (primary N) is 1. The van der Waals surface area contributed by atoms with Crippen molar-refractivity contribution < 1.29 is 0 Å². The number of hydrogen-bond acceptors (Lipinski definition) is 3. The van der Waals surface area contributed by atoms with Gasteiger partial charge in [0, 0.05) is 12.6 Å². The molecule has 0 bridgehead atoms. The second-order valence-electron chi connectivity index (χ2n) is 3.66. The van der Waals surface area contributed by atoms with Crippen LogP contribution < -0.4 is 5.73 Å². The average Bonchev–Trinajstić information content (AvgIpc) is 2.38. The third-order valence-electron chi connectivity index (χ3n) is 2.41. The van der Waals surface area contributed by atoms with E-state index in [2.05, 4.69) is 15.0 Å². The molecule has 0 spiro atoms. The lowest BCUT2D eigenvalue weighted by Gasteiger charge is -2.05. The third-order valence-corrected chi connectivity index (χ3v) is 2.41. The van der Waals surface area contributed by atoms with Crippen LogP contribution in [0.1, 0.15) is 11.5 Å². The topological polar surface area (TPSA) is 64.2 Å². The van der Waals surface area contributed by atoms with Crippen molar-refractivity contribution in [3.05, 3.63) is 47.9 Å². The zero-order valence-electron chi connectivity index (χ0n) is 9.88. The van der Waals surface area contributed by atoms with Crippen LogP contribution in [-0.4, -0.2) is 22.9 Å². The fraction of sp³-hybridized carbons (Fsp3) is 0.154. The standard InChI is InChI=1S/C13H14N4/c1-9-16-11(10-6-4-3-5-7-10)8-12(17-9)13(14)15-2/h3-8H,1-2H3,(H2,14,15). The molecule has 4 heteroatoms. The van der Waals surface area contributed by atoms with Gasteiger partial charge in [-0.2, -0.15) is 0 Å². The van der Waals surface area contributed by atoms with Crippen molar-refractivity contribution in [2.24, 2.45) is 10.7 Å². The maximum atomic E-state index is 5.77. The minimum absolute atomic E-state index is 0.424. The first kappa shape index (κ1) is 11.3. The van der Waals surface area contributed by atoms with Gasteiger partial charge in [0.05, 0.1) is 5.69 Å². The molecule has 0 unspecified atom stereocenters. The highest BCUT2D eigenvalue weighted by Gasteiger charge is 2.06. The van der Waals surface area contributed by atoms with Crippen molar-refractivity contribution in [3.8, 4) is 11.3 Å². The van der Waals surface area contributed by atoms with Gasteiger partial charge in [-0.3, -0.25) is 4.99 Å². The van der Waals surface area contributed by atoms with Crippen molar-refractivity contribution in [2.75, 3.05) is 7.05 Å². The van der Waals surface area contributed by atoms with Gasteiger partial charge in [-0.15, -0.1) is 0 Å². The van der Waals surface area contributed by atoms with Gasteiger partial charge in [0.25, 0.3) is 0 Å². The molecule has 0 fully saturated rings. The maximum Gasteiger partial charge on any atom is 0.144 e. The highest BCUT2D eigenvalue weighted by Crippen LogP contribution is 2.17. The van der Waals surface area contributed by atoms with Crippen LogP contribution in [0, 0.1) is 6.92 Å². The Morgan fingerprint density at radius 3 is 2.53 bits per heavy atom. The normalized spacial score (nSPS) is 11.5. The first-order valence-corrected chi connectivity index (χ1v) is 5.34. The van der Waals surface area contributed by atoms with E-state index in [1.165, 1.54) is 0 Å². The molecule has 0 radical (unpaired) electrons. The lowest BCUT2D eigenvalue weighted by atomic mass is 10.1. The number of aromatic nitrogens is 2. The molecule has 0 saturated heterocycles. The zero-order valence-corrected chi connectivity index (χ0v) is 9.88. The van der Waals surface area contributed by atoms with Crippen molar-refractivity contribution in [2.45, 2.75) is 6.92 Å². The predicted molar refractivity (Wildman–Crippen MR) is 68.9 cm³/mol. The van der Waals surface area contributed by atoms with Crippen LogP contribution in [-0.2, 0) is 0 Å². The molecule has 4 nitrogen and oxygen atoms in total. The predicted octanol–water partition coefficient (Wildman–Crippen LogP) is 1.79. The van der Waals surface area contributed by atoms with E-state index in [1.807, 2.05) is 43.3 Å². The highest BCUT2D eigenvalue weighted by molar-refractivity contribution is 5.96. The molecule has 2 rings (SSSR count). The van der Waals surface area contributed by atoms with Crippen molar-refractivity contribution in [1.29, 1.82) is 0 Å². The Labute approximate surface area is 100 Å². The van der Waals surface area contributed by atoms with E-state index < -0.39 is 0 Å². The Bertz CT molecular complexity index is 547. The maximum absolute atomic E-state index is 5.77. The Kier molecular flexibility index (Phi) is 3.14. The number of hydrogen-bond donors (Lipinski definition) is 1. The average molecular weight is 226 g/mol. The number of amidine groups is 1. The summed E-state index contributed by atoms with van der Waals surface area (Å²) < 4.78 is 0. The van der Waals surface area contributed by atoms with Gasteiger partial charge in [0.2, 0.25) is 0 Å². The van der Waals surface area contributed by atoms with Crippen LogP contribution in [0.15, 0.2) is 41.4 Å². The van der Waals surface area contributed by atoms with Gasteiger partial charge in [0.1, 0.15) is 17.4 Å². The van der Waals surface area contributed by atoms with Gasteiger partial charge in [0.15, 0.2) is 0 Å². The molecule has 0 aliphatic rings. The largest absolute Gasteiger partial charge is 0.382 e. The molecule has 1 heterocycles. The van der Waals surface area contributed by atoms with E-state index in [0.717, 1.165) is 11.3 Å². The van der Waals surface area contributed by atoms with Crippen LogP contribution in [0.5, 0.6) is 0 Å². The molecule has 0 aliphatic heterocycles. The molecule has 2 aromatic rings. The van der Waals surface area contributed by atoms with E-state index in [4.69, 9.17) is 5.73 Å². The number of benzene rings is 1. The Morgan fingerprint density at radius 2 is 1.88 bits per heavy atom.